The van der Waals surface area contributed by atoms with Crippen LogP contribution < -0.4 is 20.3 Å². The van der Waals surface area contributed by atoms with Gasteiger partial charge in [-0.1, -0.05) is 24.3 Å². The van der Waals surface area contributed by atoms with Gasteiger partial charge in [0.15, 0.2) is 5.96 Å². The van der Waals surface area contributed by atoms with Gasteiger partial charge in [0.2, 0.25) is 0 Å². The van der Waals surface area contributed by atoms with E-state index in [0.717, 1.165) is 23.8 Å². The van der Waals surface area contributed by atoms with Crippen molar-refractivity contribution in [2.24, 2.45) is 4.99 Å². The van der Waals surface area contributed by atoms with Crippen molar-refractivity contribution in [1.82, 2.24) is 10.6 Å². The number of halogens is 1. The Hall–Kier alpha value is -1.96. The van der Waals surface area contributed by atoms with Gasteiger partial charge in [-0.15, -0.1) is 24.0 Å². The number of nitrogens with zero attached hydrogens (tertiary/aromatic N) is 2. The van der Waals surface area contributed by atoms with Crippen LogP contribution in [-0.2, 0) is 13.1 Å². The van der Waals surface area contributed by atoms with Crippen LogP contribution in [0.1, 0.15) is 23.6 Å². The molecule has 0 bridgehead atoms. The van der Waals surface area contributed by atoms with Gasteiger partial charge in [-0.3, -0.25) is 4.99 Å². The molecule has 2 N–H and O–H groups in total. The summed E-state index contributed by atoms with van der Waals surface area (Å²) >= 11 is 0. The molecule has 0 unspecified atom stereocenters. The van der Waals surface area contributed by atoms with Crippen molar-refractivity contribution < 1.29 is 4.74 Å². The van der Waals surface area contributed by atoms with Crippen molar-refractivity contribution in [3.05, 3.63) is 59.2 Å². The van der Waals surface area contributed by atoms with E-state index in [2.05, 4.69) is 65.8 Å². The standard InChI is InChI=1S/C21H30N4O.HI/c1-6-26-20-10-8-7-9-18(20)15-24-21(22-3)23-14-17-11-12-19(25(4)5)13-16(17)2;/h7-13H,6,14-15H2,1-5H3,(H2,22,23,24);1H. The molecule has 0 saturated heterocycles. The van der Waals surface area contributed by atoms with Crippen molar-refractivity contribution >= 4 is 35.6 Å². The molecule has 5 nitrogen and oxygen atoms in total. The number of anilines is 1. The van der Waals surface area contributed by atoms with Crippen LogP contribution in [0.5, 0.6) is 5.75 Å². The lowest BCUT2D eigenvalue weighted by Gasteiger charge is -2.17. The van der Waals surface area contributed by atoms with Crippen molar-refractivity contribution in [3.8, 4) is 5.75 Å². The lowest BCUT2D eigenvalue weighted by atomic mass is 10.1. The molecule has 0 saturated carbocycles. The zero-order valence-electron chi connectivity index (χ0n) is 16.9. The third-order valence-corrected chi connectivity index (χ3v) is 4.23. The Morgan fingerprint density at radius 1 is 1.04 bits per heavy atom. The quantitative estimate of drug-likeness (QED) is 0.357. The summed E-state index contributed by atoms with van der Waals surface area (Å²) in [6, 6.07) is 14.6. The molecule has 148 valence electrons. The van der Waals surface area contributed by atoms with E-state index >= 15 is 0 Å². The van der Waals surface area contributed by atoms with Crippen molar-refractivity contribution in [2.45, 2.75) is 26.9 Å². The van der Waals surface area contributed by atoms with Gasteiger partial charge in [0, 0.05) is 45.5 Å². The van der Waals surface area contributed by atoms with E-state index < -0.39 is 0 Å². The first-order chi connectivity index (χ1) is 12.5. The Bertz CT molecular complexity index is 747. The predicted molar refractivity (Wildman–Crippen MR) is 126 cm³/mol. The van der Waals surface area contributed by atoms with E-state index in [1.807, 2.05) is 25.1 Å². The van der Waals surface area contributed by atoms with Gasteiger partial charge in [0.1, 0.15) is 5.75 Å². The molecule has 0 aliphatic heterocycles. The summed E-state index contributed by atoms with van der Waals surface area (Å²) in [5.41, 5.74) is 4.85. The molecule has 0 aliphatic rings. The molecular formula is C21H31IN4O. The molecule has 0 heterocycles. The maximum absolute atomic E-state index is 5.67. The number of aryl methyl sites for hydroxylation is 1. The van der Waals surface area contributed by atoms with E-state index in [0.29, 0.717) is 13.2 Å². The molecule has 0 spiro atoms. The molecule has 0 amide bonds. The van der Waals surface area contributed by atoms with E-state index in [-0.39, 0.29) is 24.0 Å². The van der Waals surface area contributed by atoms with Crippen LogP contribution in [0.15, 0.2) is 47.5 Å². The molecular weight excluding hydrogens is 451 g/mol. The molecule has 2 rings (SSSR count). The highest BCUT2D eigenvalue weighted by Gasteiger charge is 2.06. The molecule has 27 heavy (non-hydrogen) atoms. The van der Waals surface area contributed by atoms with Gasteiger partial charge in [-0.2, -0.15) is 0 Å². The van der Waals surface area contributed by atoms with E-state index in [1.54, 1.807) is 7.05 Å². The third kappa shape index (κ3) is 6.93. The fourth-order valence-electron chi connectivity index (χ4n) is 2.68. The van der Waals surface area contributed by atoms with Gasteiger partial charge in [0.25, 0.3) is 0 Å². The fraction of sp³-hybridized carbons (Fsp3) is 0.381. The fourth-order valence-corrected chi connectivity index (χ4v) is 2.68. The zero-order valence-corrected chi connectivity index (χ0v) is 19.2. The molecule has 0 radical (unpaired) electrons. The molecule has 0 atom stereocenters. The van der Waals surface area contributed by atoms with Crippen LogP contribution in [0.4, 0.5) is 5.69 Å². The molecule has 2 aromatic rings. The van der Waals surface area contributed by atoms with Crippen LogP contribution in [0, 0.1) is 6.92 Å². The number of benzene rings is 2. The van der Waals surface area contributed by atoms with Crippen LogP contribution >= 0.6 is 24.0 Å². The topological polar surface area (TPSA) is 48.9 Å². The molecule has 0 fully saturated rings. The third-order valence-electron chi connectivity index (χ3n) is 4.23. The van der Waals surface area contributed by atoms with Crippen molar-refractivity contribution in [2.75, 3.05) is 32.6 Å². The molecule has 0 aliphatic carbocycles. The number of ether oxygens (including phenoxy) is 1. The number of aliphatic imine (C=N–C) groups is 1. The highest BCUT2D eigenvalue weighted by Crippen LogP contribution is 2.18. The van der Waals surface area contributed by atoms with Crippen LogP contribution in [-0.4, -0.2) is 33.7 Å². The maximum atomic E-state index is 5.67. The number of rotatable bonds is 7. The Morgan fingerprint density at radius 2 is 1.70 bits per heavy atom. The zero-order chi connectivity index (χ0) is 18.9. The Kier molecular flexibility index (Phi) is 9.99. The first kappa shape index (κ1) is 23.1. The predicted octanol–water partition coefficient (Wildman–Crippen LogP) is 3.94. The summed E-state index contributed by atoms with van der Waals surface area (Å²) in [5, 5.41) is 6.74. The van der Waals surface area contributed by atoms with E-state index in [4.69, 9.17) is 4.74 Å². The monoisotopic (exact) mass is 482 g/mol. The minimum absolute atomic E-state index is 0. The first-order valence-electron chi connectivity index (χ1n) is 8.97. The number of nitrogens with one attached hydrogen (secondary N) is 2. The Labute approximate surface area is 180 Å². The van der Waals surface area contributed by atoms with Gasteiger partial charge >= 0.3 is 0 Å². The van der Waals surface area contributed by atoms with Crippen LogP contribution in [0.25, 0.3) is 0 Å². The summed E-state index contributed by atoms with van der Waals surface area (Å²) < 4.78 is 5.67. The van der Waals surface area contributed by atoms with Crippen LogP contribution in [0.3, 0.4) is 0 Å². The average molecular weight is 482 g/mol. The minimum Gasteiger partial charge on any atom is -0.494 e. The van der Waals surface area contributed by atoms with Gasteiger partial charge < -0.3 is 20.3 Å². The maximum Gasteiger partial charge on any atom is 0.191 e. The second-order valence-corrected chi connectivity index (χ2v) is 6.33. The highest BCUT2D eigenvalue weighted by atomic mass is 127. The van der Waals surface area contributed by atoms with Crippen molar-refractivity contribution in [3.63, 3.8) is 0 Å². The number of hydrogen-bond donors (Lipinski definition) is 2. The van der Waals surface area contributed by atoms with Crippen LogP contribution in [0.2, 0.25) is 0 Å². The van der Waals surface area contributed by atoms with Gasteiger partial charge in [-0.25, -0.2) is 0 Å². The normalized spacial score (nSPS) is 10.8. The Morgan fingerprint density at radius 3 is 2.30 bits per heavy atom. The summed E-state index contributed by atoms with van der Waals surface area (Å²) in [6.45, 7) is 6.18. The SMILES string of the molecule is CCOc1ccccc1CNC(=NC)NCc1ccc(N(C)C)cc1C.I. The number of hydrogen-bond acceptors (Lipinski definition) is 3. The summed E-state index contributed by atoms with van der Waals surface area (Å²) in [4.78, 5) is 6.43. The summed E-state index contributed by atoms with van der Waals surface area (Å²) in [5.74, 6) is 1.68. The molecule has 6 heteroatoms. The highest BCUT2D eigenvalue weighted by molar-refractivity contribution is 14.0. The first-order valence-corrected chi connectivity index (χ1v) is 8.97. The second-order valence-electron chi connectivity index (χ2n) is 6.33. The van der Waals surface area contributed by atoms with E-state index in [1.165, 1.54) is 16.8 Å². The number of para-hydroxylation sites is 1. The molecule has 2 aromatic carbocycles. The van der Waals surface area contributed by atoms with Gasteiger partial charge in [0.05, 0.1) is 6.61 Å². The second kappa shape index (κ2) is 11.7. The Balaban J connectivity index is 0.00000364. The number of guanidine groups is 1. The lowest BCUT2D eigenvalue weighted by molar-refractivity contribution is 0.336. The summed E-state index contributed by atoms with van der Waals surface area (Å²) in [7, 11) is 5.89. The van der Waals surface area contributed by atoms with E-state index in [9.17, 15) is 0 Å². The van der Waals surface area contributed by atoms with Gasteiger partial charge in [-0.05, 0) is 43.2 Å². The molecule has 0 aromatic heterocycles. The van der Waals surface area contributed by atoms with Crippen molar-refractivity contribution in [1.29, 1.82) is 0 Å². The summed E-state index contributed by atoms with van der Waals surface area (Å²) in [6.07, 6.45) is 0. The lowest BCUT2D eigenvalue weighted by Crippen LogP contribution is -2.36. The average Bonchev–Trinajstić information content (AvgIpc) is 2.64. The largest absolute Gasteiger partial charge is 0.494 e. The minimum atomic E-state index is 0. The smallest absolute Gasteiger partial charge is 0.191 e.